The first-order chi connectivity index (χ1) is 13.7. The number of rotatable bonds is 7. The third kappa shape index (κ3) is 3.74. The van der Waals surface area contributed by atoms with Crippen molar-refractivity contribution in [1.82, 2.24) is 10.2 Å². The molecule has 0 aliphatic carbocycles. The Balaban J connectivity index is 1.33. The number of likely N-dealkylation sites (tertiary alicyclic amines) is 1. The minimum atomic E-state index is -0.405. The van der Waals surface area contributed by atoms with E-state index >= 15 is 0 Å². The summed E-state index contributed by atoms with van der Waals surface area (Å²) in [6, 6.07) is 9.12. The molecular weight excluding hydrogens is 356 g/mol. The molecule has 1 aromatic heterocycles. The van der Waals surface area contributed by atoms with Gasteiger partial charge >= 0.3 is 0 Å². The van der Waals surface area contributed by atoms with Gasteiger partial charge in [-0.15, -0.1) is 0 Å². The van der Waals surface area contributed by atoms with E-state index in [9.17, 15) is 14.4 Å². The summed E-state index contributed by atoms with van der Waals surface area (Å²) in [7, 11) is 0. The van der Waals surface area contributed by atoms with Crippen LogP contribution in [0.1, 0.15) is 37.9 Å². The average Bonchev–Trinajstić information content (AvgIpc) is 3.45. The summed E-state index contributed by atoms with van der Waals surface area (Å²) < 4.78 is 5.81. The van der Waals surface area contributed by atoms with Gasteiger partial charge in [-0.3, -0.25) is 9.59 Å². The molecule has 0 radical (unpaired) electrons. The van der Waals surface area contributed by atoms with Gasteiger partial charge in [-0.05, 0) is 44.4 Å². The molecule has 6 nitrogen and oxygen atoms in total. The number of benzene rings is 1. The van der Waals surface area contributed by atoms with E-state index in [0.29, 0.717) is 45.2 Å². The maximum atomic E-state index is 12.9. The molecule has 0 spiro atoms. The van der Waals surface area contributed by atoms with E-state index in [1.54, 1.807) is 4.90 Å². The maximum absolute atomic E-state index is 12.9. The number of carbonyl (C=O) groups is 3. The van der Waals surface area contributed by atoms with Crippen LogP contribution in [0, 0.1) is 5.92 Å². The number of hydrogen-bond acceptors (Lipinski definition) is 5. The monoisotopic (exact) mass is 382 g/mol. The van der Waals surface area contributed by atoms with Gasteiger partial charge in [0.1, 0.15) is 17.6 Å². The Morgan fingerprint density at radius 3 is 2.93 bits per heavy atom. The molecule has 1 unspecified atom stereocenters. The fourth-order valence-electron chi connectivity index (χ4n) is 4.52. The van der Waals surface area contributed by atoms with Gasteiger partial charge in [0.2, 0.25) is 5.91 Å². The van der Waals surface area contributed by atoms with Gasteiger partial charge in [-0.1, -0.05) is 18.2 Å². The number of Topliss-reactive ketones (excluding diaryl/α,β-unsaturated/α-hetero) is 1. The van der Waals surface area contributed by atoms with Crippen LogP contribution in [0.15, 0.2) is 34.7 Å². The summed E-state index contributed by atoms with van der Waals surface area (Å²) in [5.41, 5.74) is 0.865. The van der Waals surface area contributed by atoms with E-state index in [2.05, 4.69) is 5.32 Å². The zero-order valence-corrected chi connectivity index (χ0v) is 15.9. The Morgan fingerprint density at radius 1 is 1.25 bits per heavy atom. The Morgan fingerprint density at radius 2 is 2.11 bits per heavy atom. The molecule has 2 aromatic rings. The third-order valence-corrected chi connectivity index (χ3v) is 5.97. The second-order valence-corrected chi connectivity index (χ2v) is 7.76. The second-order valence-electron chi connectivity index (χ2n) is 7.76. The SMILES string of the molecule is O=C[C@H]1NCCC1C(=O)[C@@H]1CCCN1C(=O)CCCc1cc2ccccc2o1. The van der Waals surface area contributed by atoms with Crippen molar-refractivity contribution in [3.63, 3.8) is 0 Å². The minimum absolute atomic E-state index is 0.0283. The average molecular weight is 382 g/mol. The molecule has 1 aromatic carbocycles. The smallest absolute Gasteiger partial charge is 0.223 e. The first-order valence-electron chi connectivity index (χ1n) is 10.2. The zero-order valence-electron chi connectivity index (χ0n) is 15.9. The number of fused-ring (bicyclic) bond motifs is 1. The molecule has 3 heterocycles. The van der Waals surface area contributed by atoms with Gasteiger partial charge in [-0.25, -0.2) is 0 Å². The molecule has 2 aliphatic rings. The molecule has 4 rings (SSSR count). The lowest BCUT2D eigenvalue weighted by Crippen LogP contribution is -2.45. The highest BCUT2D eigenvalue weighted by Gasteiger charge is 2.41. The van der Waals surface area contributed by atoms with Crippen LogP contribution in [0.3, 0.4) is 0 Å². The van der Waals surface area contributed by atoms with Gasteiger partial charge in [0.15, 0.2) is 5.78 Å². The Bertz CT molecular complexity index is 841. The number of aldehydes is 1. The van der Waals surface area contributed by atoms with E-state index in [1.807, 2.05) is 30.3 Å². The number of para-hydroxylation sites is 1. The molecule has 6 heteroatoms. The molecule has 2 aliphatic heterocycles. The summed E-state index contributed by atoms with van der Waals surface area (Å²) >= 11 is 0. The highest BCUT2D eigenvalue weighted by molar-refractivity contribution is 5.93. The molecule has 2 saturated heterocycles. The number of amides is 1. The van der Waals surface area contributed by atoms with Gasteiger partial charge in [0.25, 0.3) is 0 Å². The van der Waals surface area contributed by atoms with Crippen LogP contribution < -0.4 is 5.32 Å². The zero-order chi connectivity index (χ0) is 19.5. The van der Waals surface area contributed by atoms with Crippen molar-refractivity contribution in [2.24, 2.45) is 5.92 Å². The summed E-state index contributed by atoms with van der Waals surface area (Å²) in [6.45, 7) is 1.31. The molecule has 1 amide bonds. The summed E-state index contributed by atoms with van der Waals surface area (Å²) in [5, 5.41) is 4.14. The van der Waals surface area contributed by atoms with E-state index in [1.165, 1.54) is 0 Å². The minimum Gasteiger partial charge on any atom is -0.461 e. The topological polar surface area (TPSA) is 79.6 Å². The molecule has 148 valence electrons. The van der Waals surface area contributed by atoms with Gasteiger partial charge in [0.05, 0.1) is 12.1 Å². The van der Waals surface area contributed by atoms with E-state index in [-0.39, 0.29) is 23.7 Å². The van der Waals surface area contributed by atoms with Crippen molar-refractivity contribution < 1.29 is 18.8 Å². The summed E-state index contributed by atoms with van der Waals surface area (Å²) in [6.07, 6.45) is 4.84. The van der Waals surface area contributed by atoms with Crippen LogP contribution in [-0.2, 0) is 20.8 Å². The fourth-order valence-corrected chi connectivity index (χ4v) is 4.52. The lowest BCUT2D eigenvalue weighted by molar-refractivity contribution is -0.139. The molecule has 0 bridgehead atoms. The lowest BCUT2D eigenvalue weighted by Gasteiger charge is -2.26. The number of furan rings is 1. The maximum Gasteiger partial charge on any atom is 0.223 e. The molecule has 2 fully saturated rings. The normalized spacial score (nSPS) is 24.7. The van der Waals surface area contributed by atoms with Crippen LogP contribution in [-0.4, -0.2) is 48.0 Å². The van der Waals surface area contributed by atoms with Crippen LogP contribution in [0.4, 0.5) is 0 Å². The van der Waals surface area contributed by atoms with Gasteiger partial charge in [-0.2, -0.15) is 0 Å². The van der Waals surface area contributed by atoms with Gasteiger partial charge < -0.3 is 19.4 Å². The summed E-state index contributed by atoms with van der Waals surface area (Å²) in [5.74, 6) is 0.658. The molecule has 3 atom stereocenters. The summed E-state index contributed by atoms with van der Waals surface area (Å²) in [4.78, 5) is 38.6. The first kappa shape index (κ1) is 18.9. The number of nitrogens with zero attached hydrogens (tertiary/aromatic N) is 1. The third-order valence-electron chi connectivity index (χ3n) is 5.97. The number of carbonyl (C=O) groups excluding carboxylic acids is 3. The molecule has 1 N–H and O–H groups in total. The van der Waals surface area contributed by atoms with Crippen molar-refractivity contribution in [2.45, 2.75) is 50.6 Å². The van der Waals surface area contributed by atoms with Crippen molar-refractivity contribution >= 4 is 28.9 Å². The second kappa shape index (κ2) is 8.27. The van der Waals surface area contributed by atoms with E-state index in [4.69, 9.17) is 4.42 Å². The quantitative estimate of drug-likeness (QED) is 0.745. The van der Waals surface area contributed by atoms with Crippen LogP contribution in [0.2, 0.25) is 0 Å². The van der Waals surface area contributed by atoms with Crippen LogP contribution in [0.5, 0.6) is 0 Å². The fraction of sp³-hybridized carbons (Fsp3) is 0.500. The number of nitrogens with one attached hydrogen (secondary N) is 1. The standard InChI is InChI=1S/C22H26N2O4/c25-14-18-17(10-11-23-18)22(27)19-7-4-12-24(19)21(26)9-3-6-16-13-15-5-1-2-8-20(15)28-16/h1-2,5,8,13-14,17-19,23H,3-4,6-7,9-12H2/t17?,18-,19+/m1/s1. The Kier molecular flexibility index (Phi) is 5.57. The van der Waals surface area contributed by atoms with Crippen molar-refractivity contribution in [3.8, 4) is 0 Å². The van der Waals surface area contributed by atoms with Crippen LogP contribution in [0.25, 0.3) is 11.0 Å². The molecular formula is C22H26N2O4. The number of aryl methyl sites for hydroxylation is 1. The van der Waals surface area contributed by atoms with Crippen molar-refractivity contribution in [1.29, 1.82) is 0 Å². The van der Waals surface area contributed by atoms with Crippen molar-refractivity contribution in [3.05, 3.63) is 36.1 Å². The Hall–Kier alpha value is -2.47. The largest absolute Gasteiger partial charge is 0.461 e. The number of ketones is 1. The van der Waals surface area contributed by atoms with Gasteiger partial charge in [0, 0.05) is 30.7 Å². The predicted molar refractivity (Wildman–Crippen MR) is 105 cm³/mol. The first-order valence-corrected chi connectivity index (χ1v) is 10.2. The number of hydrogen-bond donors (Lipinski definition) is 1. The molecule has 0 saturated carbocycles. The van der Waals surface area contributed by atoms with Crippen molar-refractivity contribution in [2.75, 3.05) is 13.1 Å². The van der Waals surface area contributed by atoms with E-state index in [0.717, 1.165) is 29.4 Å². The molecule has 28 heavy (non-hydrogen) atoms. The Labute approximate surface area is 164 Å². The highest BCUT2D eigenvalue weighted by atomic mass is 16.3. The highest BCUT2D eigenvalue weighted by Crippen LogP contribution is 2.27. The van der Waals surface area contributed by atoms with E-state index < -0.39 is 6.04 Å². The lowest BCUT2D eigenvalue weighted by atomic mass is 9.90. The predicted octanol–water partition coefficient (Wildman–Crippen LogP) is 2.49. The van der Waals surface area contributed by atoms with Crippen LogP contribution >= 0.6 is 0 Å².